The van der Waals surface area contributed by atoms with Gasteiger partial charge in [0, 0.05) is 17.2 Å². The molecule has 2 aromatic carbocycles. The Labute approximate surface area is 159 Å². The summed E-state index contributed by atoms with van der Waals surface area (Å²) in [7, 11) is 0. The zero-order valence-corrected chi connectivity index (χ0v) is 15.3. The molecule has 0 radical (unpaired) electrons. The Bertz CT molecular complexity index is 979. The minimum absolute atomic E-state index is 0.240. The second-order valence-corrected chi connectivity index (χ2v) is 6.32. The number of hydrogen-bond acceptors (Lipinski definition) is 4. The van der Waals surface area contributed by atoms with E-state index in [2.05, 4.69) is 5.16 Å². The molecule has 1 aromatic heterocycles. The van der Waals surface area contributed by atoms with E-state index in [1.54, 1.807) is 31.2 Å². The lowest BCUT2D eigenvalue weighted by Crippen LogP contribution is -2.14. The van der Waals surface area contributed by atoms with Crippen LogP contribution in [0.15, 0.2) is 59.1 Å². The molecule has 0 aliphatic rings. The topological polar surface area (TPSA) is 52.3 Å². The Balaban J connectivity index is 1.95. The molecule has 1 atom stereocenters. The normalized spacial score (nSPS) is 12.6. The quantitative estimate of drug-likeness (QED) is 0.504. The first kappa shape index (κ1) is 19.7. The summed E-state index contributed by atoms with van der Waals surface area (Å²) in [6, 6.07) is 13.0. The van der Waals surface area contributed by atoms with Crippen LogP contribution < -0.4 is 0 Å². The standard InChI is InChI=1S/C21H18F3NO3/c1-3-13(2)27-20(26)17-10-5-4-9-16(17)19-12-18(25-28-19)14-7-6-8-15(11-14)21(22,23)24/h4-13H,3H2,1-2H3. The predicted molar refractivity (Wildman–Crippen MR) is 97.5 cm³/mol. The smallest absolute Gasteiger partial charge is 0.416 e. The molecule has 3 rings (SSSR count). The summed E-state index contributed by atoms with van der Waals surface area (Å²) in [5, 5.41) is 3.87. The summed E-state index contributed by atoms with van der Waals surface area (Å²) in [5.74, 6) is -0.230. The van der Waals surface area contributed by atoms with E-state index in [0.29, 0.717) is 17.5 Å². The van der Waals surface area contributed by atoms with Crippen LogP contribution in [0.5, 0.6) is 0 Å². The average molecular weight is 389 g/mol. The third kappa shape index (κ3) is 4.24. The minimum atomic E-state index is -4.45. The van der Waals surface area contributed by atoms with E-state index in [4.69, 9.17) is 9.26 Å². The molecule has 0 aliphatic carbocycles. The summed E-state index contributed by atoms with van der Waals surface area (Å²) in [6.45, 7) is 3.70. The highest BCUT2D eigenvalue weighted by Gasteiger charge is 2.30. The van der Waals surface area contributed by atoms with Gasteiger partial charge in [0.2, 0.25) is 0 Å². The van der Waals surface area contributed by atoms with Crippen molar-refractivity contribution in [2.24, 2.45) is 0 Å². The Morgan fingerprint density at radius 2 is 1.89 bits per heavy atom. The highest BCUT2D eigenvalue weighted by Crippen LogP contribution is 2.33. The van der Waals surface area contributed by atoms with Crippen molar-refractivity contribution in [3.63, 3.8) is 0 Å². The fraction of sp³-hybridized carbons (Fsp3) is 0.238. The van der Waals surface area contributed by atoms with Crippen LogP contribution >= 0.6 is 0 Å². The molecule has 1 heterocycles. The molecule has 7 heteroatoms. The maximum absolute atomic E-state index is 12.9. The van der Waals surface area contributed by atoms with Gasteiger partial charge in [0.15, 0.2) is 5.76 Å². The van der Waals surface area contributed by atoms with Crippen molar-refractivity contribution in [1.82, 2.24) is 5.16 Å². The van der Waals surface area contributed by atoms with Crippen LogP contribution in [0.3, 0.4) is 0 Å². The molecule has 146 valence electrons. The number of benzene rings is 2. The van der Waals surface area contributed by atoms with Crippen molar-refractivity contribution < 1.29 is 27.2 Å². The summed E-state index contributed by atoms with van der Waals surface area (Å²) in [4.78, 5) is 12.4. The Hall–Kier alpha value is -3.09. The van der Waals surface area contributed by atoms with Crippen molar-refractivity contribution >= 4 is 5.97 Å². The van der Waals surface area contributed by atoms with E-state index in [1.165, 1.54) is 18.2 Å². The van der Waals surface area contributed by atoms with Gasteiger partial charge in [0.1, 0.15) is 5.69 Å². The number of esters is 1. The van der Waals surface area contributed by atoms with Gasteiger partial charge in [-0.05, 0) is 31.5 Å². The number of nitrogens with zero attached hydrogens (tertiary/aromatic N) is 1. The highest BCUT2D eigenvalue weighted by molar-refractivity contribution is 5.96. The first-order valence-electron chi connectivity index (χ1n) is 8.74. The van der Waals surface area contributed by atoms with E-state index in [-0.39, 0.29) is 23.1 Å². The van der Waals surface area contributed by atoms with Crippen LogP contribution in [0, 0.1) is 0 Å². The number of aromatic nitrogens is 1. The maximum Gasteiger partial charge on any atom is 0.416 e. The van der Waals surface area contributed by atoms with Crippen molar-refractivity contribution in [1.29, 1.82) is 0 Å². The van der Waals surface area contributed by atoms with Gasteiger partial charge < -0.3 is 9.26 Å². The van der Waals surface area contributed by atoms with E-state index >= 15 is 0 Å². The van der Waals surface area contributed by atoms with Gasteiger partial charge >= 0.3 is 12.1 Å². The second kappa shape index (κ2) is 7.88. The van der Waals surface area contributed by atoms with Gasteiger partial charge in [-0.2, -0.15) is 13.2 Å². The van der Waals surface area contributed by atoms with Gasteiger partial charge in [-0.15, -0.1) is 0 Å². The Morgan fingerprint density at radius 3 is 2.61 bits per heavy atom. The lowest BCUT2D eigenvalue weighted by Gasteiger charge is -2.12. The van der Waals surface area contributed by atoms with Crippen LogP contribution in [0.4, 0.5) is 13.2 Å². The molecule has 0 fully saturated rings. The van der Waals surface area contributed by atoms with Crippen molar-refractivity contribution in [2.75, 3.05) is 0 Å². The molecule has 1 unspecified atom stereocenters. The van der Waals surface area contributed by atoms with E-state index in [9.17, 15) is 18.0 Å². The molecule has 0 N–H and O–H groups in total. The lowest BCUT2D eigenvalue weighted by molar-refractivity contribution is -0.137. The predicted octanol–water partition coefficient (Wildman–Crippen LogP) is 5.98. The molecular weight excluding hydrogens is 371 g/mol. The Morgan fingerprint density at radius 1 is 1.14 bits per heavy atom. The van der Waals surface area contributed by atoms with E-state index in [0.717, 1.165) is 12.1 Å². The lowest BCUT2D eigenvalue weighted by atomic mass is 10.0. The zero-order chi connectivity index (χ0) is 20.3. The zero-order valence-electron chi connectivity index (χ0n) is 15.3. The van der Waals surface area contributed by atoms with Gasteiger partial charge in [-0.1, -0.05) is 42.4 Å². The number of ether oxygens (including phenoxy) is 1. The summed E-state index contributed by atoms with van der Waals surface area (Å²) < 4.78 is 49.5. The van der Waals surface area contributed by atoms with Crippen LogP contribution in [0.2, 0.25) is 0 Å². The molecular formula is C21H18F3NO3. The van der Waals surface area contributed by atoms with Gasteiger partial charge in [-0.25, -0.2) is 4.79 Å². The van der Waals surface area contributed by atoms with Crippen molar-refractivity contribution in [3.8, 4) is 22.6 Å². The molecule has 0 spiro atoms. The van der Waals surface area contributed by atoms with Crippen LogP contribution in [-0.2, 0) is 10.9 Å². The molecule has 3 aromatic rings. The largest absolute Gasteiger partial charge is 0.459 e. The molecule has 0 amide bonds. The molecule has 0 saturated heterocycles. The molecule has 0 aliphatic heterocycles. The Kier molecular flexibility index (Phi) is 5.53. The minimum Gasteiger partial charge on any atom is -0.459 e. The van der Waals surface area contributed by atoms with Crippen molar-refractivity contribution in [3.05, 3.63) is 65.7 Å². The van der Waals surface area contributed by atoms with Crippen LogP contribution in [0.25, 0.3) is 22.6 Å². The molecule has 4 nitrogen and oxygen atoms in total. The SMILES string of the molecule is CCC(C)OC(=O)c1ccccc1-c1cc(-c2cccc(C(F)(F)F)c2)no1. The number of rotatable bonds is 5. The van der Waals surface area contributed by atoms with Crippen molar-refractivity contribution in [2.45, 2.75) is 32.5 Å². The number of halogens is 3. The fourth-order valence-electron chi connectivity index (χ4n) is 2.60. The van der Waals surface area contributed by atoms with E-state index in [1.807, 2.05) is 6.92 Å². The summed E-state index contributed by atoms with van der Waals surface area (Å²) in [6.07, 6.45) is -4.01. The summed E-state index contributed by atoms with van der Waals surface area (Å²) in [5.41, 5.74) is 0.499. The third-order valence-electron chi connectivity index (χ3n) is 4.29. The third-order valence-corrected chi connectivity index (χ3v) is 4.29. The number of alkyl halides is 3. The monoisotopic (exact) mass is 389 g/mol. The number of carbonyl (C=O) groups is 1. The van der Waals surface area contributed by atoms with Gasteiger partial charge in [0.05, 0.1) is 17.2 Å². The van der Waals surface area contributed by atoms with Crippen LogP contribution in [0.1, 0.15) is 36.2 Å². The second-order valence-electron chi connectivity index (χ2n) is 6.32. The molecule has 0 saturated carbocycles. The average Bonchev–Trinajstić information content (AvgIpc) is 3.17. The first-order chi connectivity index (χ1) is 13.3. The summed E-state index contributed by atoms with van der Waals surface area (Å²) >= 11 is 0. The number of carbonyl (C=O) groups excluding carboxylic acids is 1. The van der Waals surface area contributed by atoms with Gasteiger partial charge in [-0.3, -0.25) is 0 Å². The number of hydrogen-bond donors (Lipinski definition) is 0. The van der Waals surface area contributed by atoms with Crippen LogP contribution in [-0.4, -0.2) is 17.2 Å². The maximum atomic E-state index is 12.9. The fourth-order valence-corrected chi connectivity index (χ4v) is 2.60. The molecule has 0 bridgehead atoms. The molecule has 28 heavy (non-hydrogen) atoms. The van der Waals surface area contributed by atoms with E-state index < -0.39 is 17.7 Å². The van der Waals surface area contributed by atoms with Gasteiger partial charge in [0.25, 0.3) is 0 Å². The highest BCUT2D eigenvalue weighted by atomic mass is 19.4. The first-order valence-corrected chi connectivity index (χ1v) is 8.74.